The summed E-state index contributed by atoms with van der Waals surface area (Å²) in [5.74, 6) is 6.87. The van der Waals surface area contributed by atoms with E-state index in [9.17, 15) is 9.18 Å². The molecule has 0 radical (unpaired) electrons. The third kappa shape index (κ3) is 5.41. The van der Waals surface area contributed by atoms with E-state index in [4.69, 9.17) is 26.1 Å². The van der Waals surface area contributed by atoms with Gasteiger partial charge in [0.05, 0.1) is 25.9 Å². The van der Waals surface area contributed by atoms with Crippen LogP contribution in [0.4, 0.5) is 4.39 Å². The van der Waals surface area contributed by atoms with Gasteiger partial charge in [-0.3, -0.25) is 14.7 Å². The number of rotatable bonds is 5. The fraction of sp³-hybridized carbons (Fsp3) is 0.400. The number of morpholine rings is 1. The van der Waals surface area contributed by atoms with Gasteiger partial charge in [0.15, 0.2) is 10.8 Å². The van der Waals surface area contributed by atoms with Gasteiger partial charge in [-0.25, -0.2) is 9.37 Å². The molecule has 2 fully saturated rings. The van der Waals surface area contributed by atoms with Gasteiger partial charge in [-0.1, -0.05) is 29.5 Å². The lowest BCUT2D eigenvalue weighted by Crippen LogP contribution is -2.52. The maximum absolute atomic E-state index is 13.9. The Labute approximate surface area is 212 Å². The van der Waals surface area contributed by atoms with E-state index in [1.807, 2.05) is 10.3 Å². The molecule has 2 aromatic rings. The van der Waals surface area contributed by atoms with Crippen LogP contribution in [0.5, 0.6) is 0 Å². The Hall–Kier alpha value is -2.77. The molecule has 0 spiro atoms. The maximum Gasteiger partial charge on any atom is 0.325 e. The number of esters is 1. The van der Waals surface area contributed by atoms with Crippen molar-refractivity contribution in [2.45, 2.75) is 24.9 Å². The predicted molar refractivity (Wildman–Crippen MR) is 132 cm³/mol. The molecule has 5 rings (SSSR count). The highest BCUT2D eigenvalue weighted by Crippen LogP contribution is 2.37. The molecule has 1 saturated heterocycles. The number of nitrogens with zero attached hydrogens (tertiary/aromatic N) is 3. The first-order valence-corrected chi connectivity index (χ1v) is 12.6. The van der Waals surface area contributed by atoms with Gasteiger partial charge < -0.3 is 14.8 Å². The van der Waals surface area contributed by atoms with Gasteiger partial charge in [0.2, 0.25) is 0 Å². The minimum Gasteiger partial charge on any atom is -0.468 e. The molecule has 2 aliphatic heterocycles. The molecule has 1 aliphatic carbocycles. The lowest BCUT2D eigenvalue weighted by molar-refractivity contribution is -0.152. The SMILES string of the molecule is COC(=O)[C@@H]1COCCN1CC1=C(C#CC2CC2)C(c2ccc(F)cc2Cl)N=C(c2nccs2)N1. The van der Waals surface area contributed by atoms with Gasteiger partial charge in [0.1, 0.15) is 17.9 Å². The molecule has 3 heterocycles. The normalized spacial score (nSPS) is 22.7. The molecule has 1 N–H and O–H groups in total. The fourth-order valence-corrected chi connectivity index (χ4v) is 4.92. The highest BCUT2D eigenvalue weighted by molar-refractivity contribution is 7.11. The largest absolute Gasteiger partial charge is 0.468 e. The third-order valence-corrected chi connectivity index (χ3v) is 7.19. The topological polar surface area (TPSA) is 76.1 Å². The number of methoxy groups -OCH3 is 1. The quantitative estimate of drug-likeness (QED) is 0.485. The van der Waals surface area contributed by atoms with Crippen LogP contribution in [0, 0.1) is 23.6 Å². The van der Waals surface area contributed by atoms with Crippen molar-refractivity contribution in [1.29, 1.82) is 0 Å². The van der Waals surface area contributed by atoms with Crippen LogP contribution >= 0.6 is 22.9 Å². The first-order chi connectivity index (χ1) is 17.0. The van der Waals surface area contributed by atoms with Crippen molar-refractivity contribution in [1.82, 2.24) is 15.2 Å². The smallest absolute Gasteiger partial charge is 0.325 e. The number of amidine groups is 1. The second-order valence-corrected chi connectivity index (χ2v) is 9.83. The molecule has 35 heavy (non-hydrogen) atoms. The average Bonchev–Trinajstić information content (AvgIpc) is 3.52. The Balaban J connectivity index is 1.59. The summed E-state index contributed by atoms with van der Waals surface area (Å²) >= 11 is 7.95. The van der Waals surface area contributed by atoms with Gasteiger partial charge in [-0.2, -0.15) is 0 Å². The minimum atomic E-state index is -0.540. The zero-order valence-electron chi connectivity index (χ0n) is 19.1. The number of nitrogens with one attached hydrogen (secondary N) is 1. The molecule has 1 aromatic heterocycles. The summed E-state index contributed by atoms with van der Waals surface area (Å²) in [6.45, 7) is 1.71. The number of benzene rings is 1. The first kappa shape index (κ1) is 23.9. The van der Waals surface area contributed by atoms with Crippen molar-refractivity contribution in [2.24, 2.45) is 10.9 Å². The van der Waals surface area contributed by atoms with E-state index in [2.05, 4.69) is 22.1 Å². The molecule has 1 unspecified atom stereocenters. The number of thiazole rings is 1. The van der Waals surface area contributed by atoms with E-state index in [-0.39, 0.29) is 17.6 Å². The summed E-state index contributed by atoms with van der Waals surface area (Å²) in [7, 11) is 1.37. The predicted octanol–water partition coefficient (Wildman–Crippen LogP) is 3.57. The number of halogens is 2. The Morgan fingerprint density at radius 1 is 1.43 bits per heavy atom. The van der Waals surface area contributed by atoms with Crippen LogP contribution in [0.1, 0.15) is 29.5 Å². The van der Waals surface area contributed by atoms with Crippen LogP contribution in [0.3, 0.4) is 0 Å². The van der Waals surface area contributed by atoms with Crippen LogP contribution in [-0.4, -0.2) is 61.1 Å². The molecular weight excluding hydrogens is 491 g/mol. The molecule has 0 bridgehead atoms. The van der Waals surface area contributed by atoms with E-state index in [1.54, 1.807) is 12.3 Å². The monoisotopic (exact) mass is 514 g/mol. The summed E-state index contributed by atoms with van der Waals surface area (Å²) < 4.78 is 24.4. The van der Waals surface area contributed by atoms with E-state index in [0.29, 0.717) is 42.0 Å². The Morgan fingerprint density at radius 2 is 2.29 bits per heavy atom. The van der Waals surface area contributed by atoms with E-state index in [1.165, 1.54) is 30.6 Å². The molecule has 10 heteroatoms. The van der Waals surface area contributed by atoms with E-state index in [0.717, 1.165) is 24.1 Å². The van der Waals surface area contributed by atoms with Gasteiger partial charge in [-0.15, -0.1) is 11.3 Å². The molecule has 1 saturated carbocycles. The number of carbonyl (C=O) groups excluding carboxylic acids is 1. The molecule has 1 aromatic carbocycles. The number of aliphatic imine (C=N–C) groups is 1. The number of carbonyl (C=O) groups is 1. The second-order valence-electron chi connectivity index (χ2n) is 8.53. The second kappa shape index (κ2) is 10.5. The average molecular weight is 515 g/mol. The van der Waals surface area contributed by atoms with Crippen LogP contribution in [0.25, 0.3) is 0 Å². The molecule has 0 amide bonds. The molecule has 7 nitrogen and oxygen atoms in total. The van der Waals surface area contributed by atoms with E-state index < -0.39 is 17.9 Å². The molecular formula is C25H24ClFN4O3S. The standard InChI is InChI=1S/C25H24ClFN4O3S/c1-33-25(32)21-14-34-10-9-31(21)13-20-18(6-4-15-2-3-15)22(17-7-5-16(27)12-19(17)26)30-23(29-20)24-28-8-11-35-24/h5,7-8,11-12,15,21-22H,2-3,9-10,13-14H2,1H3,(H,29,30)/t21-,22?/m0/s1. The number of hydrogen-bond acceptors (Lipinski definition) is 8. The summed E-state index contributed by atoms with van der Waals surface area (Å²) in [6.07, 6.45) is 3.87. The van der Waals surface area contributed by atoms with Crippen LogP contribution in [0.15, 0.2) is 46.0 Å². The van der Waals surface area contributed by atoms with Crippen molar-refractivity contribution in [3.63, 3.8) is 0 Å². The Morgan fingerprint density at radius 3 is 3.00 bits per heavy atom. The van der Waals surface area contributed by atoms with Gasteiger partial charge in [0.25, 0.3) is 0 Å². The van der Waals surface area contributed by atoms with Crippen LogP contribution < -0.4 is 5.32 Å². The minimum absolute atomic E-state index is 0.254. The van der Waals surface area contributed by atoms with E-state index >= 15 is 0 Å². The third-order valence-electron chi connectivity index (χ3n) is 6.08. The summed E-state index contributed by atoms with van der Waals surface area (Å²) in [4.78, 5) is 23.8. The van der Waals surface area contributed by atoms with Crippen LogP contribution in [-0.2, 0) is 14.3 Å². The van der Waals surface area contributed by atoms with Crippen molar-refractivity contribution in [3.05, 3.63) is 62.5 Å². The lowest BCUT2D eigenvalue weighted by atomic mass is 9.95. The fourth-order valence-electron chi connectivity index (χ4n) is 4.06. The van der Waals surface area contributed by atoms with Crippen molar-refractivity contribution in [3.8, 4) is 11.8 Å². The zero-order valence-corrected chi connectivity index (χ0v) is 20.7. The summed E-state index contributed by atoms with van der Waals surface area (Å²) in [5.41, 5.74) is 2.22. The highest BCUT2D eigenvalue weighted by Gasteiger charge is 2.34. The lowest BCUT2D eigenvalue weighted by Gasteiger charge is -2.36. The number of aromatic nitrogens is 1. The zero-order chi connectivity index (χ0) is 24.4. The van der Waals surface area contributed by atoms with Crippen LogP contribution in [0.2, 0.25) is 5.02 Å². The van der Waals surface area contributed by atoms with Crippen molar-refractivity contribution in [2.75, 3.05) is 33.4 Å². The molecule has 182 valence electrons. The summed E-state index contributed by atoms with van der Waals surface area (Å²) in [5, 5.41) is 6.30. The highest BCUT2D eigenvalue weighted by atomic mass is 35.5. The molecule has 3 aliphatic rings. The Bertz CT molecular complexity index is 1230. The molecule has 2 atom stereocenters. The van der Waals surface area contributed by atoms with Gasteiger partial charge in [-0.05, 0) is 25.0 Å². The number of ether oxygens (including phenoxy) is 2. The van der Waals surface area contributed by atoms with Gasteiger partial charge in [0, 0.05) is 46.9 Å². The van der Waals surface area contributed by atoms with Crippen molar-refractivity contribution < 1.29 is 18.7 Å². The Kier molecular flexibility index (Phi) is 7.16. The number of hydrogen-bond donors (Lipinski definition) is 1. The van der Waals surface area contributed by atoms with Crippen molar-refractivity contribution >= 4 is 34.7 Å². The van der Waals surface area contributed by atoms with Gasteiger partial charge >= 0.3 is 5.97 Å². The maximum atomic E-state index is 13.9. The first-order valence-electron chi connectivity index (χ1n) is 11.4. The summed E-state index contributed by atoms with van der Waals surface area (Å²) in [6, 6.07) is 3.25.